The molecule has 3 rings (SSSR count). The number of carbonyl (C=O) groups is 1. The van der Waals surface area contributed by atoms with Gasteiger partial charge >= 0.3 is 0 Å². The maximum atomic E-state index is 12.4. The van der Waals surface area contributed by atoms with Crippen molar-refractivity contribution in [3.63, 3.8) is 0 Å². The fraction of sp³-hybridized carbons (Fsp3) is 0.933. The molecule has 2 saturated heterocycles. The molecule has 0 aromatic carbocycles. The lowest BCUT2D eigenvalue weighted by Gasteiger charge is -2.25. The highest BCUT2D eigenvalue weighted by Gasteiger charge is 2.34. The Kier molecular flexibility index (Phi) is 6.12. The van der Waals surface area contributed by atoms with Crippen molar-refractivity contribution >= 4 is 18.3 Å². The van der Waals surface area contributed by atoms with Crippen LogP contribution in [-0.4, -0.2) is 49.2 Å². The lowest BCUT2D eigenvalue weighted by atomic mass is 10.1. The van der Waals surface area contributed by atoms with Gasteiger partial charge in [0, 0.05) is 37.6 Å². The zero-order valence-electron chi connectivity index (χ0n) is 12.2. The fourth-order valence-electron chi connectivity index (χ4n) is 3.29. The summed E-state index contributed by atoms with van der Waals surface area (Å²) < 4.78 is 5.43. The van der Waals surface area contributed by atoms with Crippen molar-refractivity contribution in [3.8, 4) is 0 Å². The van der Waals surface area contributed by atoms with E-state index < -0.39 is 0 Å². The molecular formula is C15H27ClN2O2. The summed E-state index contributed by atoms with van der Waals surface area (Å²) in [6.45, 7) is 3.79. The fourth-order valence-corrected chi connectivity index (χ4v) is 3.29. The average molecular weight is 303 g/mol. The molecule has 1 saturated carbocycles. The Morgan fingerprint density at radius 1 is 1.25 bits per heavy atom. The zero-order chi connectivity index (χ0) is 13.1. The van der Waals surface area contributed by atoms with Crippen molar-refractivity contribution in [1.29, 1.82) is 0 Å². The van der Waals surface area contributed by atoms with Gasteiger partial charge < -0.3 is 15.0 Å². The van der Waals surface area contributed by atoms with Crippen LogP contribution in [0.5, 0.6) is 0 Å². The predicted octanol–water partition coefficient (Wildman–Crippen LogP) is 1.97. The predicted molar refractivity (Wildman–Crippen MR) is 81.2 cm³/mol. The van der Waals surface area contributed by atoms with E-state index in [1.165, 1.54) is 25.7 Å². The van der Waals surface area contributed by atoms with Crippen LogP contribution in [0.15, 0.2) is 0 Å². The van der Waals surface area contributed by atoms with E-state index in [-0.39, 0.29) is 12.4 Å². The van der Waals surface area contributed by atoms with Crippen molar-refractivity contribution in [1.82, 2.24) is 10.2 Å². The summed E-state index contributed by atoms with van der Waals surface area (Å²) in [4.78, 5) is 14.6. The Morgan fingerprint density at radius 2 is 2.10 bits per heavy atom. The van der Waals surface area contributed by atoms with Crippen molar-refractivity contribution < 1.29 is 9.53 Å². The van der Waals surface area contributed by atoms with Gasteiger partial charge in [-0.05, 0) is 45.1 Å². The van der Waals surface area contributed by atoms with Crippen LogP contribution in [0.2, 0.25) is 0 Å². The second-order valence-electron chi connectivity index (χ2n) is 6.34. The largest absolute Gasteiger partial charge is 0.381 e. The number of hydrogen-bond donors (Lipinski definition) is 1. The van der Waals surface area contributed by atoms with Crippen LogP contribution in [-0.2, 0) is 9.53 Å². The standard InChI is InChI=1S/C15H26N2O2.ClH/c18-15(6-3-13-2-1-8-16-13)17(14-4-5-14)10-12-7-9-19-11-12;/h12-14,16H,1-11H2;1H. The number of halogens is 1. The van der Waals surface area contributed by atoms with E-state index in [0.717, 1.165) is 45.6 Å². The minimum absolute atomic E-state index is 0. The molecule has 4 nitrogen and oxygen atoms in total. The molecule has 1 aliphatic carbocycles. The SMILES string of the molecule is Cl.O=C(CCC1CCCN1)N(CC1CCOC1)C1CC1. The van der Waals surface area contributed by atoms with E-state index in [2.05, 4.69) is 10.2 Å². The third-order valence-electron chi connectivity index (χ3n) is 4.66. The van der Waals surface area contributed by atoms with E-state index in [4.69, 9.17) is 4.74 Å². The summed E-state index contributed by atoms with van der Waals surface area (Å²) in [5, 5.41) is 3.48. The first-order chi connectivity index (χ1) is 9.33. The molecule has 116 valence electrons. The zero-order valence-corrected chi connectivity index (χ0v) is 13.0. The molecule has 3 fully saturated rings. The molecule has 2 aliphatic heterocycles. The number of amides is 1. The summed E-state index contributed by atoms with van der Waals surface area (Å²) >= 11 is 0. The van der Waals surface area contributed by atoms with Gasteiger partial charge in [-0.2, -0.15) is 0 Å². The molecule has 2 heterocycles. The molecule has 0 radical (unpaired) electrons. The minimum atomic E-state index is 0. The summed E-state index contributed by atoms with van der Waals surface area (Å²) in [6, 6.07) is 1.13. The van der Waals surface area contributed by atoms with Crippen LogP contribution in [0.1, 0.15) is 44.9 Å². The first-order valence-corrected chi connectivity index (χ1v) is 7.93. The van der Waals surface area contributed by atoms with Crippen molar-refractivity contribution in [2.24, 2.45) is 5.92 Å². The monoisotopic (exact) mass is 302 g/mol. The van der Waals surface area contributed by atoms with E-state index >= 15 is 0 Å². The maximum Gasteiger partial charge on any atom is 0.222 e. The van der Waals surface area contributed by atoms with Gasteiger partial charge in [0.25, 0.3) is 0 Å². The third kappa shape index (κ3) is 4.34. The molecule has 0 bridgehead atoms. The van der Waals surface area contributed by atoms with Gasteiger partial charge in [-0.25, -0.2) is 0 Å². The van der Waals surface area contributed by atoms with Crippen LogP contribution in [0.25, 0.3) is 0 Å². The van der Waals surface area contributed by atoms with Crippen molar-refractivity contribution in [2.45, 2.75) is 57.0 Å². The highest BCUT2D eigenvalue weighted by Crippen LogP contribution is 2.30. The minimum Gasteiger partial charge on any atom is -0.381 e. The quantitative estimate of drug-likeness (QED) is 0.815. The Bertz CT molecular complexity index is 311. The third-order valence-corrected chi connectivity index (χ3v) is 4.66. The average Bonchev–Trinajstić information content (AvgIpc) is 2.94. The number of hydrogen-bond acceptors (Lipinski definition) is 3. The van der Waals surface area contributed by atoms with Gasteiger partial charge in [-0.15, -0.1) is 12.4 Å². The van der Waals surface area contributed by atoms with E-state index in [1.54, 1.807) is 0 Å². The van der Waals surface area contributed by atoms with Crippen LogP contribution in [0, 0.1) is 5.92 Å². The molecule has 3 aliphatic rings. The maximum absolute atomic E-state index is 12.4. The number of nitrogens with one attached hydrogen (secondary N) is 1. The second-order valence-corrected chi connectivity index (χ2v) is 6.34. The summed E-state index contributed by atoms with van der Waals surface area (Å²) in [5.74, 6) is 0.956. The molecule has 5 heteroatoms. The molecule has 20 heavy (non-hydrogen) atoms. The topological polar surface area (TPSA) is 41.6 Å². The molecule has 2 unspecified atom stereocenters. The first kappa shape index (κ1) is 16.1. The summed E-state index contributed by atoms with van der Waals surface area (Å²) in [6.07, 6.45) is 7.80. The number of ether oxygens (including phenoxy) is 1. The smallest absolute Gasteiger partial charge is 0.222 e. The molecule has 1 N–H and O–H groups in total. The highest BCUT2D eigenvalue weighted by atomic mass is 35.5. The molecule has 0 aromatic rings. The van der Waals surface area contributed by atoms with Gasteiger partial charge in [0.2, 0.25) is 5.91 Å². The molecule has 2 atom stereocenters. The summed E-state index contributed by atoms with van der Waals surface area (Å²) in [5.41, 5.74) is 0. The lowest BCUT2D eigenvalue weighted by Crippen LogP contribution is -2.38. The molecule has 1 amide bonds. The second kappa shape index (κ2) is 7.62. The molecular weight excluding hydrogens is 276 g/mol. The Hall–Kier alpha value is -0.320. The van der Waals surface area contributed by atoms with Crippen molar-refractivity contribution in [2.75, 3.05) is 26.3 Å². The number of carbonyl (C=O) groups excluding carboxylic acids is 1. The summed E-state index contributed by atoms with van der Waals surface area (Å²) in [7, 11) is 0. The normalized spacial score (nSPS) is 29.2. The van der Waals surface area contributed by atoms with Gasteiger partial charge in [0.1, 0.15) is 0 Å². The number of rotatable bonds is 6. The Balaban J connectivity index is 0.00000147. The molecule has 0 aromatic heterocycles. The van der Waals surface area contributed by atoms with Gasteiger partial charge in [-0.1, -0.05) is 0 Å². The highest BCUT2D eigenvalue weighted by molar-refractivity contribution is 5.85. The van der Waals surface area contributed by atoms with Crippen LogP contribution in [0.3, 0.4) is 0 Å². The van der Waals surface area contributed by atoms with E-state index in [1.807, 2.05) is 0 Å². The van der Waals surface area contributed by atoms with Gasteiger partial charge in [0.15, 0.2) is 0 Å². The van der Waals surface area contributed by atoms with Crippen LogP contribution < -0.4 is 5.32 Å². The Morgan fingerprint density at radius 3 is 2.70 bits per heavy atom. The van der Waals surface area contributed by atoms with Crippen LogP contribution >= 0.6 is 12.4 Å². The lowest BCUT2D eigenvalue weighted by molar-refractivity contribution is -0.132. The van der Waals surface area contributed by atoms with Crippen LogP contribution in [0.4, 0.5) is 0 Å². The Labute approximate surface area is 128 Å². The van der Waals surface area contributed by atoms with Gasteiger partial charge in [0.05, 0.1) is 6.61 Å². The van der Waals surface area contributed by atoms with E-state index in [0.29, 0.717) is 23.9 Å². The van der Waals surface area contributed by atoms with E-state index in [9.17, 15) is 4.79 Å². The van der Waals surface area contributed by atoms with Gasteiger partial charge in [-0.3, -0.25) is 4.79 Å². The number of nitrogens with zero attached hydrogens (tertiary/aromatic N) is 1. The molecule has 0 spiro atoms. The van der Waals surface area contributed by atoms with Crippen molar-refractivity contribution in [3.05, 3.63) is 0 Å². The first-order valence-electron chi connectivity index (χ1n) is 7.93.